The lowest BCUT2D eigenvalue weighted by Gasteiger charge is -2.18. The van der Waals surface area contributed by atoms with E-state index in [9.17, 15) is 18.0 Å². The number of carbonyl (C=O) groups excluding carboxylic acids is 2. The van der Waals surface area contributed by atoms with Crippen LogP contribution in [0.25, 0.3) is 11.0 Å². The van der Waals surface area contributed by atoms with Crippen LogP contribution in [-0.2, 0) is 33.1 Å². The summed E-state index contributed by atoms with van der Waals surface area (Å²) in [6.07, 6.45) is 0.506. The summed E-state index contributed by atoms with van der Waals surface area (Å²) in [6.45, 7) is 8.10. The number of sulfonamides is 1. The summed E-state index contributed by atoms with van der Waals surface area (Å²) in [5.41, 5.74) is 4.02. The van der Waals surface area contributed by atoms with Gasteiger partial charge in [-0.25, -0.2) is 13.4 Å². The van der Waals surface area contributed by atoms with Crippen LogP contribution >= 0.6 is 0 Å². The molecule has 2 amide bonds. The summed E-state index contributed by atoms with van der Waals surface area (Å²) in [5, 5.41) is 5.49. The number of hydrogen-bond acceptors (Lipinski definition) is 5. The third kappa shape index (κ3) is 5.88. The van der Waals surface area contributed by atoms with Crippen molar-refractivity contribution in [2.24, 2.45) is 7.05 Å². The Balaban J connectivity index is 1.62. The van der Waals surface area contributed by atoms with Crippen LogP contribution in [0.5, 0.6) is 0 Å². The van der Waals surface area contributed by atoms with Gasteiger partial charge in [0.2, 0.25) is 21.8 Å². The largest absolute Gasteiger partial charge is 0.347 e. The number of fused-ring (bicyclic) bond motifs is 1. The van der Waals surface area contributed by atoms with Gasteiger partial charge in [0.25, 0.3) is 0 Å². The van der Waals surface area contributed by atoms with Crippen LogP contribution in [0.3, 0.4) is 0 Å². The quantitative estimate of drug-likeness (QED) is 0.445. The fraction of sp³-hybridized carbons (Fsp3) is 0.400. The van der Waals surface area contributed by atoms with Crippen molar-refractivity contribution < 1.29 is 18.0 Å². The third-order valence-electron chi connectivity index (χ3n) is 6.06. The molecule has 0 saturated carbocycles. The van der Waals surface area contributed by atoms with Crippen LogP contribution in [-0.4, -0.2) is 53.7 Å². The van der Waals surface area contributed by atoms with Gasteiger partial charge in [0.1, 0.15) is 5.82 Å². The molecular formula is C25H33N5O4S. The zero-order valence-electron chi connectivity index (χ0n) is 20.9. The number of carbonyl (C=O) groups is 2. The number of para-hydroxylation sites is 1. The minimum Gasteiger partial charge on any atom is -0.347 e. The highest BCUT2D eigenvalue weighted by atomic mass is 32.2. The van der Waals surface area contributed by atoms with Crippen molar-refractivity contribution in [1.29, 1.82) is 0 Å². The van der Waals surface area contributed by atoms with E-state index in [0.717, 1.165) is 22.3 Å². The van der Waals surface area contributed by atoms with E-state index in [-0.39, 0.29) is 29.7 Å². The van der Waals surface area contributed by atoms with Crippen molar-refractivity contribution in [2.75, 3.05) is 25.0 Å². The number of nitrogens with one attached hydrogen (secondary N) is 2. The fourth-order valence-electron chi connectivity index (χ4n) is 4.01. The molecular weight excluding hydrogens is 466 g/mol. The van der Waals surface area contributed by atoms with Gasteiger partial charge in [-0.1, -0.05) is 32.0 Å². The lowest BCUT2D eigenvalue weighted by molar-refractivity contribution is -0.124. The lowest BCUT2D eigenvalue weighted by Crippen LogP contribution is -2.33. The van der Waals surface area contributed by atoms with Gasteiger partial charge in [-0.15, -0.1) is 0 Å². The molecule has 0 fully saturated rings. The van der Waals surface area contributed by atoms with Gasteiger partial charge in [-0.2, -0.15) is 4.31 Å². The second-order valence-electron chi connectivity index (χ2n) is 8.42. The molecule has 188 valence electrons. The monoisotopic (exact) mass is 499 g/mol. The fourth-order valence-corrected chi connectivity index (χ4v) is 5.49. The zero-order valence-corrected chi connectivity index (χ0v) is 21.7. The topological polar surface area (TPSA) is 113 Å². The highest BCUT2D eigenvalue weighted by Gasteiger charge is 2.23. The average molecular weight is 500 g/mol. The van der Waals surface area contributed by atoms with E-state index in [1.165, 1.54) is 4.31 Å². The van der Waals surface area contributed by atoms with Crippen LogP contribution < -0.4 is 10.6 Å². The number of rotatable bonds is 10. The van der Waals surface area contributed by atoms with E-state index >= 15 is 0 Å². The van der Waals surface area contributed by atoms with E-state index < -0.39 is 10.0 Å². The summed E-state index contributed by atoms with van der Waals surface area (Å²) < 4.78 is 28.9. The van der Waals surface area contributed by atoms with Crippen molar-refractivity contribution in [3.63, 3.8) is 0 Å². The number of imidazole rings is 1. The Labute approximate surface area is 206 Å². The predicted octanol–water partition coefficient (Wildman–Crippen LogP) is 2.91. The van der Waals surface area contributed by atoms with Gasteiger partial charge < -0.3 is 15.2 Å². The first kappa shape index (κ1) is 26.4. The van der Waals surface area contributed by atoms with E-state index in [4.69, 9.17) is 0 Å². The number of amides is 2. The minimum atomic E-state index is -3.58. The minimum absolute atomic E-state index is 0.123. The Hall–Kier alpha value is -3.24. The molecule has 0 aliphatic heterocycles. The molecule has 0 aliphatic carbocycles. The number of anilines is 1. The van der Waals surface area contributed by atoms with Crippen LogP contribution in [0.4, 0.5) is 5.69 Å². The maximum atomic E-state index is 12.8. The van der Waals surface area contributed by atoms with Crippen LogP contribution in [0, 0.1) is 13.8 Å². The Bertz CT molecular complexity index is 1320. The molecule has 9 nitrogen and oxygen atoms in total. The summed E-state index contributed by atoms with van der Waals surface area (Å²) in [5.74, 6) is 0.103. The first-order valence-corrected chi connectivity index (χ1v) is 13.1. The third-order valence-corrected chi connectivity index (χ3v) is 8.10. The standard InChI is InChI=1S/C25H33N5O4S/c1-6-30(7-2)35(33,34)19-11-12-21-20(15-19)27-22(29(21)5)13-14-23(31)26-16-24(32)28-25-17(3)9-8-10-18(25)4/h8-12,15H,6-7,13-14,16H2,1-5H3,(H,26,31)(H,28,32). The maximum absolute atomic E-state index is 12.8. The maximum Gasteiger partial charge on any atom is 0.243 e. The lowest BCUT2D eigenvalue weighted by atomic mass is 10.1. The number of aryl methyl sites for hydroxylation is 4. The molecule has 1 aromatic heterocycles. The van der Waals surface area contributed by atoms with E-state index in [1.54, 1.807) is 32.0 Å². The van der Waals surface area contributed by atoms with E-state index in [2.05, 4.69) is 15.6 Å². The Morgan fingerprint density at radius 1 is 1.03 bits per heavy atom. The molecule has 35 heavy (non-hydrogen) atoms. The van der Waals surface area contributed by atoms with Gasteiger partial charge in [-0.05, 0) is 43.2 Å². The van der Waals surface area contributed by atoms with Gasteiger partial charge >= 0.3 is 0 Å². The van der Waals surface area contributed by atoms with Crippen molar-refractivity contribution >= 4 is 38.6 Å². The molecule has 0 aliphatic rings. The van der Waals surface area contributed by atoms with Crippen molar-refractivity contribution in [3.05, 3.63) is 53.3 Å². The van der Waals surface area contributed by atoms with Crippen molar-refractivity contribution in [3.8, 4) is 0 Å². The SMILES string of the molecule is CCN(CC)S(=O)(=O)c1ccc2c(c1)nc(CCC(=O)NCC(=O)Nc1c(C)cccc1C)n2C. The van der Waals surface area contributed by atoms with Crippen molar-refractivity contribution in [2.45, 2.75) is 45.4 Å². The first-order chi connectivity index (χ1) is 16.6. The number of aromatic nitrogens is 2. The van der Waals surface area contributed by atoms with Crippen LogP contribution in [0.2, 0.25) is 0 Å². The van der Waals surface area contributed by atoms with E-state index in [0.29, 0.717) is 30.9 Å². The number of hydrogen-bond donors (Lipinski definition) is 2. The molecule has 0 saturated heterocycles. The molecule has 3 aromatic rings. The summed E-state index contributed by atoms with van der Waals surface area (Å²) in [7, 11) is -1.75. The molecule has 3 rings (SSSR count). The smallest absolute Gasteiger partial charge is 0.243 e. The molecule has 0 radical (unpaired) electrons. The molecule has 0 spiro atoms. The number of nitrogens with zero attached hydrogens (tertiary/aromatic N) is 3. The number of benzene rings is 2. The average Bonchev–Trinajstić information content (AvgIpc) is 3.14. The first-order valence-electron chi connectivity index (χ1n) is 11.7. The van der Waals surface area contributed by atoms with Crippen LogP contribution in [0.1, 0.15) is 37.2 Å². The second-order valence-corrected chi connectivity index (χ2v) is 10.4. The second kappa shape index (κ2) is 11.0. The molecule has 2 aromatic carbocycles. The van der Waals surface area contributed by atoms with Crippen LogP contribution in [0.15, 0.2) is 41.3 Å². The predicted molar refractivity (Wildman–Crippen MR) is 137 cm³/mol. The van der Waals surface area contributed by atoms with Gasteiger partial charge in [-0.3, -0.25) is 9.59 Å². The van der Waals surface area contributed by atoms with Gasteiger partial charge in [0.15, 0.2) is 0 Å². The normalized spacial score (nSPS) is 11.7. The molecule has 10 heteroatoms. The zero-order chi connectivity index (χ0) is 25.8. The van der Waals surface area contributed by atoms with E-state index in [1.807, 2.05) is 43.7 Å². The molecule has 2 N–H and O–H groups in total. The molecule has 0 unspecified atom stereocenters. The molecule has 0 atom stereocenters. The highest BCUT2D eigenvalue weighted by molar-refractivity contribution is 7.89. The summed E-state index contributed by atoms with van der Waals surface area (Å²) >= 11 is 0. The Kier molecular flexibility index (Phi) is 8.29. The molecule has 0 bridgehead atoms. The molecule has 1 heterocycles. The van der Waals surface area contributed by atoms with Gasteiger partial charge in [0.05, 0.1) is 22.5 Å². The Morgan fingerprint density at radius 3 is 2.31 bits per heavy atom. The highest BCUT2D eigenvalue weighted by Crippen LogP contribution is 2.23. The van der Waals surface area contributed by atoms with Gasteiger partial charge in [0, 0.05) is 38.7 Å². The Morgan fingerprint density at radius 2 is 1.69 bits per heavy atom. The summed E-state index contributed by atoms with van der Waals surface area (Å²) in [4.78, 5) is 29.4. The summed E-state index contributed by atoms with van der Waals surface area (Å²) in [6, 6.07) is 10.7. The van der Waals surface area contributed by atoms with Crippen molar-refractivity contribution in [1.82, 2.24) is 19.2 Å².